The smallest absolute Gasteiger partial charge is 0.106 e. The highest BCUT2D eigenvalue weighted by Crippen LogP contribution is 2.08. The zero-order valence-electron chi connectivity index (χ0n) is 3.96. The summed E-state index contributed by atoms with van der Waals surface area (Å²) in [6.45, 7) is 0.838. The maximum absolute atomic E-state index is 8.74. The molecule has 7 heavy (non-hydrogen) atoms. The van der Waals surface area contributed by atoms with Gasteiger partial charge in [-0.3, -0.25) is 5.32 Å². The highest BCUT2D eigenvalue weighted by molar-refractivity contribution is 7.81. The Morgan fingerprint density at radius 2 is 2.43 bits per heavy atom. The van der Waals surface area contributed by atoms with E-state index in [1.165, 1.54) is 0 Å². The van der Waals surface area contributed by atoms with E-state index in [9.17, 15) is 0 Å². The van der Waals surface area contributed by atoms with Gasteiger partial charge in [-0.25, -0.2) is 0 Å². The fourth-order valence-corrected chi connectivity index (χ4v) is 1.00. The van der Waals surface area contributed by atoms with Crippen LogP contribution in [0.15, 0.2) is 0 Å². The lowest BCUT2D eigenvalue weighted by atomic mass is 10.3. The van der Waals surface area contributed by atoms with Crippen molar-refractivity contribution in [1.29, 1.82) is 0 Å². The van der Waals surface area contributed by atoms with Crippen molar-refractivity contribution in [3.05, 3.63) is 0 Å². The Labute approximate surface area is 48.3 Å². The molecule has 2 unspecified atom stereocenters. The molecule has 42 valence electrons. The molecular formula is C4H9NOS. The Kier molecular flexibility index (Phi) is 1.57. The molecule has 2 nitrogen and oxygen atoms in total. The van der Waals surface area contributed by atoms with Crippen LogP contribution in [-0.2, 0) is 0 Å². The van der Waals surface area contributed by atoms with Crippen molar-refractivity contribution in [2.75, 3.05) is 6.54 Å². The fourth-order valence-electron chi connectivity index (χ4n) is 0.696. The van der Waals surface area contributed by atoms with Crippen LogP contribution in [0.1, 0.15) is 6.42 Å². The van der Waals surface area contributed by atoms with Crippen LogP contribution in [0.4, 0.5) is 0 Å². The number of hydrogen-bond acceptors (Lipinski definition) is 3. The van der Waals surface area contributed by atoms with Crippen LogP contribution < -0.4 is 5.32 Å². The second kappa shape index (κ2) is 2.03. The summed E-state index contributed by atoms with van der Waals surface area (Å²) in [5.74, 6) is 0. The topological polar surface area (TPSA) is 32.3 Å². The van der Waals surface area contributed by atoms with Crippen LogP contribution in [0.3, 0.4) is 0 Å². The van der Waals surface area contributed by atoms with E-state index in [0.717, 1.165) is 13.0 Å². The number of rotatable bonds is 0. The largest absolute Gasteiger partial charge is 0.379 e. The molecule has 1 aliphatic rings. The Balaban J connectivity index is 2.26. The zero-order valence-corrected chi connectivity index (χ0v) is 4.86. The lowest BCUT2D eigenvalue weighted by Crippen LogP contribution is -2.19. The van der Waals surface area contributed by atoms with Crippen LogP contribution in [-0.4, -0.2) is 23.1 Å². The third kappa shape index (κ3) is 1.33. The summed E-state index contributed by atoms with van der Waals surface area (Å²) in [5.41, 5.74) is 0. The van der Waals surface area contributed by atoms with Gasteiger partial charge in [-0.1, -0.05) is 0 Å². The van der Waals surface area contributed by atoms with Gasteiger partial charge in [0.25, 0.3) is 0 Å². The van der Waals surface area contributed by atoms with Crippen molar-refractivity contribution in [3.63, 3.8) is 0 Å². The summed E-state index contributed by atoms with van der Waals surface area (Å²) in [4.78, 5) is 0. The van der Waals surface area contributed by atoms with Gasteiger partial charge in [0.1, 0.15) is 6.23 Å². The van der Waals surface area contributed by atoms with E-state index in [1.807, 2.05) is 0 Å². The first-order chi connectivity index (χ1) is 3.29. The third-order valence-corrected chi connectivity index (χ3v) is 1.48. The van der Waals surface area contributed by atoms with Crippen molar-refractivity contribution >= 4 is 12.6 Å². The summed E-state index contributed by atoms with van der Waals surface area (Å²) < 4.78 is 0. The molecule has 1 aliphatic heterocycles. The highest BCUT2D eigenvalue weighted by atomic mass is 32.1. The van der Waals surface area contributed by atoms with E-state index in [1.54, 1.807) is 0 Å². The average Bonchev–Trinajstić information content (AvgIpc) is 1.87. The molecule has 0 aromatic heterocycles. The minimum absolute atomic E-state index is 0.303. The summed E-state index contributed by atoms with van der Waals surface area (Å²) in [7, 11) is 0. The second-order valence-electron chi connectivity index (χ2n) is 1.81. The Bertz CT molecular complexity index is 60.7. The first kappa shape index (κ1) is 5.41. The monoisotopic (exact) mass is 119 g/mol. The molecule has 1 saturated heterocycles. The maximum atomic E-state index is 8.74. The Morgan fingerprint density at radius 3 is 2.57 bits per heavy atom. The minimum atomic E-state index is -0.303. The van der Waals surface area contributed by atoms with Crippen LogP contribution >= 0.6 is 12.6 Å². The number of aliphatic hydroxyl groups is 1. The van der Waals surface area contributed by atoms with Crippen LogP contribution in [0.5, 0.6) is 0 Å². The molecule has 1 heterocycles. The molecule has 0 bridgehead atoms. The first-order valence-electron chi connectivity index (χ1n) is 2.38. The van der Waals surface area contributed by atoms with Crippen LogP contribution in [0.25, 0.3) is 0 Å². The predicted octanol–water partition coefficient (Wildman–Crippen LogP) is -0.404. The first-order valence-corrected chi connectivity index (χ1v) is 2.90. The van der Waals surface area contributed by atoms with E-state index in [2.05, 4.69) is 17.9 Å². The number of hydrogen-bond donors (Lipinski definition) is 3. The van der Waals surface area contributed by atoms with Gasteiger partial charge in [-0.2, -0.15) is 12.6 Å². The van der Waals surface area contributed by atoms with Crippen molar-refractivity contribution < 1.29 is 5.11 Å². The van der Waals surface area contributed by atoms with Gasteiger partial charge in [0.15, 0.2) is 0 Å². The standard InChI is InChI=1S/C4H9NOS/c6-4-1-3(7)2-5-4/h3-7H,1-2H2. The molecule has 0 spiro atoms. The highest BCUT2D eigenvalue weighted by Gasteiger charge is 2.17. The fraction of sp³-hybridized carbons (Fsp3) is 1.00. The summed E-state index contributed by atoms with van der Waals surface area (Å²) in [6, 6.07) is 0. The molecule has 1 fully saturated rings. The van der Waals surface area contributed by atoms with Gasteiger partial charge >= 0.3 is 0 Å². The zero-order chi connectivity index (χ0) is 5.28. The van der Waals surface area contributed by atoms with Gasteiger partial charge in [-0.05, 0) is 6.42 Å². The van der Waals surface area contributed by atoms with Gasteiger partial charge in [-0.15, -0.1) is 0 Å². The molecule has 0 saturated carbocycles. The number of aliphatic hydroxyl groups excluding tert-OH is 1. The molecule has 0 radical (unpaired) electrons. The molecule has 0 amide bonds. The van der Waals surface area contributed by atoms with Gasteiger partial charge in [0.2, 0.25) is 0 Å². The van der Waals surface area contributed by atoms with Crippen molar-refractivity contribution in [3.8, 4) is 0 Å². The van der Waals surface area contributed by atoms with Crippen LogP contribution in [0.2, 0.25) is 0 Å². The van der Waals surface area contributed by atoms with Crippen molar-refractivity contribution in [2.24, 2.45) is 0 Å². The Hall–Kier alpha value is 0.270. The van der Waals surface area contributed by atoms with Crippen molar-refractivity contribution in [2.45, 2.75) is 17.9 Å². The van der Waals surface area contributed by atoms with E-state index in [-0.39, 0.29) is 6.23 Å². The molecule has 2 N–H and O–H groups in total. The second-order valence-corrected chi connectivity index (χ2v) is 2.54. The van der Waals surface area contributed by atoms with Gasteiger partial charge < -0.3 is 5.11 Å². The lowest BCUT2D eigenvalue weighted by Gasteiger charge is -1.95. The molecular weight excluding hydrogens is 110 g/mol. The third-order valence-electron chi connectivity index (χ3n) is 1.08. The number of nitrogens with one attached hydrogen (secondary N) is 1. The van der Waals surface area contributed by atoms with E-state index in [0.29, 0.717) is 5.25 Å². The quantitative estimate of drug-likeness (QED) is 0.379. The predicted molar refractivity (Wildman–Crippen MR) is 31.4 cm³/mol. The molecule has 3 heteroatoms. The summed E-state index contributed by atoms with van der Waals surface area (Å²) >= 11 is 4.13. The van der Waals surface area contributed by atoms with Gasteiger partial charge in [0.05, 0.1) is 0 Å². The maximum Gasteiger partial charge on any atom is 0.106 e. The van der Waals surface area contributed by atoms with E-state index >= 15 is 0 Å². The SMILES string of the molecule is OC1CC(S)CN1. The number of thiol groups is 1. The summed E-state index contributed by atoms with van der Waals surface area (Å²) in [6.07, 6.45) is 0.478. The average molecular weight is 119 g/mol. The Morgan fingerprint density at radius 1 is 1.71 bits per heavy atom. The molecule has 0 aromatic carbocycles. The molecule has 0 aliphatic carbocycles. The minimum Gasteiger partial charge on any atom is -0.379 e. The van der Waals surface area contributed by atoms with E-state index in [4.69, 9.17) is 5.11 Å². The molecule has 1 rings (SSSR count). The van der Waals surface area contributed by atoms with Crippen molar-refractivity contribution in [1.82, 2.24) is 5.32 Å². The summed E-state index contributed by atoms with van der Waals surface area (Å²) in [5, 5.41) is 11.9. The van der Waals surface area contributed by atoms with E-state index < -0.39 is 0 Å². The normalized spacial score (nSPS) is 42.0. The molecule has 2 atom stereocenters. The lowest BCUT2D eigenvalue weighted by molar-refractivity contribution is 0.161. The van der Waals surface area contributed by atoms with Crippen LogP contribution in [0, 0.1) is 0 Å². The van der Waals surface area contributed by atoms with Gasteiger partial charge in [0, 0.05) is 11.8 Å². The molecule has 0 aromatic rings.